The van der Waals surface area contributed by atoms with Gasteiger partial charge in [-0.25, -0.2) is 0 Å². The van der Waals surface area contributed by atoms with Gasteiger partial charge in [-0.1, -0.05) is 25.7 Å². The number of nitrogens with one attached hydrogen (secondary N) is 1. The quantitative estimate of drug-likeness (QED) is 0.775. The van der Waals surface area contributed by atoms with Crippen LogP contribution < -0.4 is 5.32 Å². The van der Waals surface area contributed by atoms with Crippen molar-refractivity contribution in [3.63, 3.8) is 0 Å². The molecule has 20 heavy (non-hydrogen) atoms. The third kappa shape index (κ3) is 3.51. The lowest BCUT2D eigenvalue weighted by Crippen LogP contribution is -2.48. The van der Waals surface area contributed by atoms with E-state index < -0.39 is 11.4 Å². The van der Waals surface area contributed by atoms with Gasteiger partial charge < -0.3 is 15.2 Å². The highest BCUT2D eigenvalue weighted by molar-refractivity contribution is 5.85. The van der Waals surface area contributed by atoms with Crippen molar-refractivity contribution in [2.24, 2.45) is 5.41 Å². The number of aliphatic carboxylic acids is 1. The van der Waals surface area contributed by atoms with Crippen LogP contribution in [0.15, 0.2) is 0 Å². The van der Waals surface area contributed by atoms with E-state index in [0.29, 0.717) is 26.1 Å². The van der Waals surface area contributed by atoms with Gasteiger partial charge in [0.1, 0.15) is 0 Å². The Balaban J connectivity index is 2.00. The molecule has 1 heterocycles. The van der Waals surface area contributed by atoms with Gasteiger partial charge in [0.05, 0.1) is 17.6 Å². The van der Waals surface area contributed by atoms with Crippen LogP contribution in [0, 0.1) is 5.41 Å². The van der Waals surface area contributed by atoms with Crippen molar-refractivity contribution in [1.29, 1.82) is 0 Å². The van der Waals surface area contributed by atoms with E-state index in [1.807, 2.05) is 6.92 Å². The highest BCUT2D eigenvalue weighted by Gasteiger charge is 2.42. The largest absolute Gasteiger partial charge is 0.481 e. The first-order valence-corrected chi connectivity index (χ1v) is 7.58. The monoisotopic (exact) mass is 283 g/mol. The van der Waals surface area contributed by atoms with Crippen LogP contribution in [0.1, 0.15) is 58.3 Å². The molecule has 0 aromatic rings. The number of rotatable bonds is 4. The molecule has 1 atom stereocenters. The highest BCUT2D eigenvalue weighted by atomic mass is 16.5. The first kappa shape index (κ1) is 15.3. The van der Waals surface area contributed by atoms with Crippen LogP contribution in [-0.4, -0.2) is 35.7 Å². The maximum Gasteiger partial charge on any atom is 0.310 e. The normalized spacial score (nSPS) is 29.6. The Morgan fingerprint density at radius 2 is 1.80 bits per heavy atom. The molecule has 0 aromatic carbocycles. The lowest BCUT2D eigenvalue weighted by Gasteiger charge is -2.30. The molecule has 0 bridgehead atoms. The molecule has 2 fully saturated rings. The number of amides is 1. The van der Waals surface area contributed by atoms with E-state index in [2.05, 4.69) is 5.32 Å². The van der Waals surface area contributed by atoms with Crippen LogP contribution in [0.5, 0.6) is 0 Å². The van der Waals surface area contributed by atoms with Crippen LogP contribution in [0.25, 0.3) is 0 Å². The second-order valence-electron chi connectivity index (χ2n) is 6.59. The molecular formula is C15H25NO4. The summed E-state index contributed by atoms with van der Waals surface area (Å²) >= 11 is 0. The van der Waals surface area contributed by atoms with Crippen molar-refractivity contribution in [2.45, 2.75) is 63.8 Å². The van der Waals surface area contributed by atoms with Crippen molar-refractivity contribution in [1.82, 2.24) is 5.32 Å². The summed E-state index contributed by atoms with van der Waals surface area (Å²) in [5.41, 5.74) is -1.20. The first-order chi connectivity index (χ1) is 9.46. The van der Waals surface area contributed by atoms with E-state index in [-0.39, 0.29) is 17.9 Å². The van der Waals surface area contributed by atoms with E-state index in [0.717, 1.165) is 32.1 Å². The Bertz CT molecular complexity index is 366. The Kier molecular flexibility index (Phi) is 4.68. The molecule has 114 valence electrons. The molecule has 5 nitrogen and oxygen atoms in total. The predicted octanol–water partition coefficient (Wildman–Crippen LogP) is 2.10. The number of hydrogen-bond donors (Lipinski definition) is 2. The molecule has 1 aliphatic carbocycles. The highest BCUT2D eigenvalue weighted by Crippen LogP contribution is 2.38. The van der Waals surface area contributed by atoms with Gasteiger partial charge in [0.2, 0.25) is 5.91 Å². The summed E-state index contributed by atoms with van der Waals surface area (Å²) in [5.74, 6) is -0.968. The maximum atomic E-state index is 12.3. The average Bonchev–Trinajstić information content (AvgIpc) is 2.64. The average molecular weight is 283 g/mol. The van der Waals surface area contributed by atoms with Gasteiger partial charge in [0.25, 0.3) is 0 Å². The fraction of sp³-hybridized carbons (Fsp3) is 0.867. The number of carboxylic acids is 1. The maximum absolute atomic E-state index is 12.3. The molecule has 2 aliphatic rings. The van der Waals surface area contributed by atoms with Gasteiger partial charge in [-0.05, 0) is 26.2 Å². The second-order valence-corrected chi connectivity index (χ2v) is 6.59. The Morgan fingerprint density at radius 3 is 2.30 bits per heavy atom. The molecule has 5 heteroatoms. The van der Waals surface area contributed by atoms with Crippen LogP contribution >= 0.6 is 0 Å². The fourth-order valence-electron chi connectivity index (χ4n) is 3.33. The van der Waals surface area contributed by atoms with Crippen LogP contribution in [0.3, 0.4) is 0 Å². The summed E-state index contributed by atoms with van der Waals surface area (Å²) in [4.78, 5) is 23.9. The Hall–Kier alpha value is -1.10. The summed E-state index contributed by atoms with van der Waals surface area (Å²) in [6, 6.07) is 0. The zero-order valence-electron chi connectivity index (χ0n) is 12.2. The molecule has 2 rings (SSSR count). The first-order valence-electron chi connectivity index (χ1n) is 7.58. The molecule has 0 aromatic heterocycles. The van der Waals surface area contributed by atoms with Gasteiger partial charge in [0.15, 0.2) is 0 Å². The molecule has 1 saturated heterocycles. The number of carbonyl (C=O) groups is 2. The van der Waals surface area contributed by atoms with Crippen molar-refractivity contribution in [3.05, 3.63) is 0 Å². The SMILES string of the molecule is CC1(NC(=O)CC2(C(=O)O)CCCCCC2)CCOC1. The summed E-state index contributed by atoms with van der Waals surface area (Å²) in [6.45, 7) is 3.12. The number of carbonyl (C=O) groups excluding carboxylic acids is 1. The van der Waals surface area contributed by atoms with Crippen LogP contribution in [-0.2, 0) is 14.3 Å². The lowest BCUT2D eigenvalue weighted by atomic mass is 9.77. The summed E-state index contributed by atoms with van der Waals surface area (Å²) in [5, 5.41) is 12.6. The predicted molar refractivity (Wildman–Crippen MR) is 74.4 cm³/mol. The second kappa shape index (κ2) is 6.12. The molecule has 2 N–H and O–H groups in total. The molecule has 1 amide bonds. The third-order valence-electron chi connectivity index (χ3n) is 4.67. The van der Waals surface area contributed by atoms with E-state index in [4.69, 9.17) is 4.74 Å². The van der Waals surface area contributed by atoms with Crippen molar-refractivity contribution in [3.8, 4) is 0 Å². The number of ether oxygens (including phenoxy) is 1. The van der Waals surface area contributed by atoms with E-state index in [1.54, 1.807) is 0 Å². The molecule has 0 radical (unpaired) electrons. The molecular weight excluding hydrogens is 258 g/mol. The van der Waals surface area contributed by atoms with Crippen molar-refractivity contribution >= 4 is 11.9 Å². The number of hydrogen-bond acceptors (Lipinski definition) is 3. The zero-order chi connectivity index (χ0) is 14.6. The minimum Gasteiger partial charge on any atom is -0.481 e. The van der Waals surface area contributed by atoms with Crippen LogP contribution in [0.2, 0.25) is 0 Å². The molecule has 1 unspecified atom stereocenters. The third-order valence-corrected chi connectivity index (χ3v) is 4.67. The molecule has 1 saturated carbocycles. The smallest absolute Gasteiger partial charge is 0.310 e. The standard InChI is InChI=1S/C15H25NO4/c1-14(8-9-20-11-14)16-12(17)10-15(13(18)19)6-4-2-3-5-7-15/h2-11H2,1H3,(H,16,17)(H,18,19). The fourth-order valence-corrected chi connectivity index (χ4v) is 3.33. The van der Waals surface area contributed by atoms with E-state index in [9.17, 15) is 14.7 Å². The van der Waals surface area contributed by atoms with Gasteiger partial charge >= 0.3 is 5.97 Å². The molecule has 1 aliphatic heterocycles. The van der Waals surface area contributed by atoms with Gasteiger partial charge in [-0.3, -0.25) is 9.59 Å². The summed E-state index contributed by atoms with van der Waals surface area (Å²) in [6.07, 6.45) is 6.06. The van der Waals surface area contributed by atoms with Crippen LogP contribution in [0.4, 0.5) is 0 Å². The van der Waals surface area contributed by atoms with Gasteiger partial charge in [-0.15, -0.1) is 0 Å². The van der Waals surface area contributed by atoms with E-state index >= 15 is 0 Å². The topological polar surface area (TPSA) is 75.6 Å². The minimum atomic E-state index is -0.865. The van der Waals surface area contributed by atoms with E-state index in [1.165, 1.54) is 0 Å². The zero-order valence-corrected chi connectivity index (χ0v) is 12.2. The number of carboxylic acid groups (broad SMARTS) is 1. The minimum absolute atomic E-state index is 0.0952. The summed E-state index contributed by atoms with van der Waals surface area (Å²) in [7, 11) is 0. The van der Waals surface area contributed by atoms with Gasteiger partial charge in [0, 0.05) is 13.0 Å². The summed E-state index contributed by atoms with van der Waals surface area (Å²) < 4.78 is 5.31. The lowest BCUT2D eigenvalue weighted by molar-refractivity contribution is -0.153. The van der Waals surface area contributed by atoms with Gasteiger partial charge in [-0.2, -0.15) is 0 Å². The Morgan fingerprint density at radius 1 is 1.15 bits per heavy atom. The van der Waals surface area contributed by atoms with Crippen molar-refractivity contribution < 1.29 is 19.4 Å². The molecule has 0 spiro atoms. The Labute approximate surface area is 120 Å². The van der Waals surface area contributed by atoms with Crippen molar-refractivity contribution in [2.75, 3.05) is 13.2 Å².